The van der Waals surface area contributed by atoms with Gasteiger partial charge in [0.05, 0.1) is 5.56 Å². The number of nitrogens with two attached hydrogens (primary N) is 1. The van der Waals surface area contributed by atoms with Crippen LogP contribution in [0, 0.1) is 5.41 Å². The maximum absolute atomic E-state index is 10.9. The highest BCUT2D eigenvalue weighted by Crippen LogP contribution is 2.21. The van der Waals surface area contributed by atoms with E-state index in [1.165, 1.54) is 6.20 Å². The van der Waals surface area contributed by atoms with Gasteiger partial charge in [0.2, 0.25) is 5.91 Å². The fourth-order valence-electron chi connectivity index (χ4n) is 1.06. The summed E-state index contributed by atoms with van der Waals surface area (Å²) in [4.78, 5) is 15.0. The van der Waals surface area contributed by atoms with E-state index in [2.05, 4.69) is 38.0 Å². The lowest BCUT2D eigenvalue weighted by atomic mass is 9.88. The zero-order chi connectivity index (χ0) is 12.3. The molecule has 3 N–H and O–H groups in total. The van der Waals surface area contributed by atoms with Gasteiger partial charge in [0.1, 0.15) is 5.82 Å². The minimum Gasteiger partial charge on any atom is -0.367 e. The SMILES string of the molecule is CC(Nc1ccc(C(N)=O)cn1)C(C)(C)C. The Bertz CT molecular complexity index is 365. The second-order valence-corrected chi connectivity index (χ2v) is 5.03. The van der Waals surface area contributed by atoms with Crippen molar-refractivity contribution in [1.29, 1.82) is 0 Å². The number of nitrogens with zero attached hydrogens (tertiary/aromatic N) is 1. The first-order valence-corrected chi connectivity index (χ1v) is 5.33. The van der Waals surface area contributed by atoms with Gasteiger partial charge in [-0.05, 0) is 24.5 Å². The largest absolute Gasteiger partial charge is 0.367 e. The Labute approximate surface area is 96.3 Å². The number of pyridine rings is 1. The molecule has 4 heteroatoms. The van der Waals surface area contributed by atoms with E-state index < -0.39 is 5.91 Å². The molecule has 0 spiro atoms. The summed E-state index contributed by atoms with van der Waals surface area (Å²) in [7, 11) is 0. The molecule has 0 saturated heterocycles. The number of anilines is 1. The molecular formula is C12H19N3O. The lowest BCUT2D eigenvalue weighted by Gasteiger charge is -2.28. The number of hydrogen-bond donors (Lipinski definition) is 2. The van der Waals surface area contributed by atoms with Crippen molar-refractivity contribution in [1.82, 2.24) is 4.98 Å². The van der Waals surface area contributed by atoms with Crippen molar-refractivity contribution in [2.45, 2.75) is 33.7 Å². The van der Waals surface area contributed by atoms with Crippen molar-refractivity contribution in [2.24, 2.45) is 11.1 Å². The third-order valence-corrected chi connectivity index (χ3v) is 2.71. The number of amides is 1. The normalized spacial score (nSPS) is 13.2. The van der Waals surface area contributed by atoms with Gasteiger partial charge in [-0.3, -0.25) is 4.79 Å². The molecule has 0 aliphatic heterocycles. The van der Waals surface area contributed by atoms with Crippen LogP contribution in [0.25, 0.3) is 0 Å². The highest BCUT2D eigenvalue weighted by molar-refractivity contribution is 5.92. The van der Waals surface area contributed by atoms with Crippen molar-refractivity contribution in [3.8, 4) is 0 Å². The number of carbonyl (C=O) groups excluding carboxylic acids is 1. The second-order valence-electron chi connectivity index (χ2n) is 5.03. The van der Waals surface area contributed by atoms with Crippen LogP contribution >= 0.6 is 0 Å². The molecule has 1 rings (SSSR count). The van der Waals surface area contributed by atoms with Crippen LogP contribution in [0.4, 0.5) is 5.82 Å². The monoisotopic (exact) mass is 221 g/mol. The van der Waals surface area contributed by atoms with E-state index in [-0.39, 0.29) is 5.41 Å². The maximum atomic E-state index is 10.9. The number of carbonyl (C=O) groups is 1. The molecule has 88 valence electrons. The standard InChI is InChI=1S/C12H19N3O/c1-8(12(2,3)4)15-10-6-5-9(7-14-10)11(13)16/h5-8H,1-4H3,(H2,13,16)(H,14,15). The smallest absolute Gasteiger partial charge is 0.250 e. The fourth-order valence-corrected chi connectivity index (χ4v) is 1.06. The first kappa shape index (κ1) is 12.5. The third kappa shape index (κ3) is 3.22. The van der Waals surface area contributed by atoms with E-state index in [0.29, 0.717) is 11.6 Å². The molecule has 0 aromatic carbocycles. The van der Waals surface area contributed by atoms with Crippen molar-refractivity contribution >= 4 is 11.7 Å². The minimum absolute atomic E-state index is 0.157. The van der Waals surface area contributed by atoms with Crippen LogP contribution in [0.1, 0.15) is 38.1 Å². The zero-order valence-corrected chi connectivity index (χ0v) is 10.2. The van der Waals surface area contributed by atoms with Gasteiger partial charge in [-0.1, -0.05) is 20.8 Å². The Morgan fingerprint density at radius 2 is 2.06 bits per heavy atom. The van der Waals surface area contributed by atoms with E-state index in [1.54, 1.807) is 12.1 Å². The van der Waals surface area contributed by atoms with E-state index in [9.17, 15) is 4.79 Å². The number of hydrogen-bond acceptors (Lipinski definition) is 3. The van der Waals surface area contributed by atoms with Gasteiger partial charge in [0.15, 0.2) is 0 Å². The average molecular weight is 221 g/mol. The highest BCUT2D eigenvalue weighted by atomic mass is 16.1. The van der Waals surface area contributed by atoms with E-state index in [0.717, 1.165) is 5.82 Å². The molecule has 0 bridgehead atoms. The Balaban J connectivity index is 2.73. The van der Waals surface area contributed by atoms with Crippen LogP contribution in [0.2, 0.25) is 0 Å². The van der Waals surface area contributed by atoms with Crippen LogP contribution in [0.3, 0.4) is 0 Å². The topological polar surface area (TPSA) is 68.0 Å². The molecule has 1 heterocycles. The summed E-state index contributed by atoms with van der Waals surface area (Å²) in [6.45, 7) is 8.57. The van der Waals surface area contributed by atoms with Gasteiger partial charge in [0, 0.05) is 12.2 Å². The van der Waals surface area contributed by atoms with Gasteiger partial charge in [-0.25, -0.2) is 4.98 Å². The third-order valence-electron chi connectivity index (χ3n) is 2.71. The van der Waals surface area contributed by atoms with Crippen LogP contribution < -0.4 is 11.1 Å². The zero-order valence-electron chi connectivity index (χ0n) is 10.2. The van der Waals surface area contributed by atoms with Crippen LogP contribution in [-0.2, 0) is 0 Å². The number of nitrogens with one attached hydrogen (secondary N) is 1. The van der Waals surface area contributed by atoms with Crippen molar-refractivity contribution in [3.05, 3.63) is 23.9 Å². The molecule has 1 unspecified atom stereocenters. The number of primary amides is 1. The second kappa shape index (κ2) is 4.51. The fraction of sp³-hybridized carbons (Fsp3) is 0.500. The van der Waals surface area contributed by atoms with Gasteiger partial charge >= 0.3 is 0 Å². The van der Waals surface area contributed by atoms with Gasteiger partial charge in [-0.2, -0.15) is 0 Å². The van der Waals surface area contributed by atoms with Gasteiger partial charge < -0.3 is 11.1 Å². The Kier molecular flexibility index (Phi) is 3.52. The van der Waals surface area contributed by atoms with Crippen LogP contribution in [0.5, 0.6) is 0 Å². The summed E-state index contributed by atoms with van der Waals surface area (Å²) in [6, 6.07) is 3.73. The molecule has 0 radical (unpaired) electrons. The number of rotatable bonds is 3. The van der Waals surface area contributed by atoms with E-state index in [1.807, 2.05) is 0 Å². The van der Waals surface area contributed by atoms with Crippen molar-refractivity contribution < 1.29 is 4.79 Å². The molecule has 0 aliphatic rings. The molecular weight excluding hydrogens is 202 g/mol. The molecule has 1 amide bonds. The predicted molar refractivity (Wildman–Crippen MR) is 65.3 cm³/mol. The Hall–Kier alpha value is -1.58. The highest BCUT2D eigenvalue weighted by Gasteiger charge is 2.19. The molecule has 0 fully saturated rings. The molecule has 1 aromatic rings. The first-order valence-electron chi connectivity index (χ1n) is 5.33. The summed E-state index contributed by atoms with van der Waals surface area (Å²) < 4.78 is 0. The molecule has 0 aliphatic carbocycles. The van der Waals surface area contributed by atoms with Crippen molar-refractivity contribution in [2.75, 3.05) is 5.32 Å². The van der Waals surface area contributed by atoms with E-state index >= 15 is 0 Å². The molecule has 1 atom stereocenters. The van der Waals surface area contributed by atoms with Crippen molar-refractivity contribution in [3.63, 3.8) is 0 Å². The molecule has 4 nitrogen and oxygen atoms in total. The average Bonchev–Trinajstić information content (AvgIpc) is 2.17. The molecule has 1 aromatic heterocycles. The Morgan fingerprint density at radius 3 is 2.44 bits per heavy atom. The summed E-state index contributed by atoms with van der Waals surface area (Å²) in [5.74, 6) is 0.301. The Morgan fingerprint density at radius 1 is 1.44 bits per heavy atom. The summed E-state index contributed by atoms with van der Waals surface area (Å²) in [5.41, 5.74) is 5.72. The van der Waals surface area contributed by atoms with E-state index in [4.69, 9.17) is 5.73 Å². The summed E-state index contributed by atoms with van der Waals surface area (Å²) in [5, 5.41) is 3.28. The lowest BCUT2D eigenvalue weighted by Crippen LogP contribution is -2.31. The quantitative estimate of drug-likeness (QED) is 0.820. The number of aromatic nitrogens is 1. The summed E-state index contributed by atoms with van der Waals surface area (Å²) >= 11 is 0. The first-order chi connectivity index (χ1) is 7.30. The lowest BCUT2D eigenvalue weighted by molar-refractivity contribution is 0.1000. The van der Waals surface area contributed by atoms with Crippen LogP contribution in [-0.4, -0.2) is 16.9 Å². The summed E-state index contributed by atoms with van der Waals surface area (Å²) in [6.07, 6.45) is 1.49. The minimum atomic E-state index is -0.456. The maximum Gasteiger partial charge on any atom is 0.250 e. The van der Waals surface area contributed by atoms with Gasteiger partial charge in [0.25, 0.3) is 0 Å². The van der Waals surface area contributed by atoms with Gasteiger partial charge in [-0.15, -0.1) is 0 Å². The van der Waals surface area contributed by atoms with Crippen LogP contribution in [0.15, 0.2) is 18.3 Å². The molecule has 16 heavy (non-hydrogen) atoms. The predicted octanol–water partition coefficient (Wildman–Crippen LogP) is 2.03. The molecule has 0 saturated carbocycles.